The van der Waals surface area contributed by atoms with Crippen LogP contribution in [0.3, 0.4) is 0 Å². The second-order valence-electron chi connectivity index (χ2n) is 4.93. The third-order valence-corrected chi connectivity index (χ3v) is 4.59. The zero-order valence-electron chi connectivity index (χ0n) is 11.6. The van der Waals surface area contributed by atoms with Gasteiger partial charge in [-0.2, -0.15) is 0 Å². The van der Waals surface area contributed by atoms with Gasteiger partial charge in [0.2, 0.25) is 5.91 Å². The van der Waals surface area contributed by atoms with Gasteiger partial charge in [0.1, 0.15) is 6.04 Å². The number of ether oxygens (including phenoxy) is 1. The van der Waals surface area contributed by atoms with Crippen LogP contribution in [0.1, 0.15) is 6.92 Å². The number of carbonyl (C=O) groups excluding carboxylic acids is 1. The molecule has 1 atom stereocenters. The first-order valence-electron chi connectivity index (χ1n) is 6.82. The summed E-state index contributed by atoms with van der Waals surface area (Å²) in [4.78, 5) is 18.6. The quantitative estimate of drug-likeness (QED) is 0.942. The molecule has 3 rings (SSSR count). The van der Waals surface area contributed by atoms with E-state index in [1.807, 2.05) is 30.0 Å². The lowest BCUT2D eigenvalue weighted by atomic mass is 10.2. The number of carbonyl (C=O) groups is 1. The van der Waals surface area contributed by atoms with Gasteiger partial charge in [0.25, 0.3) is 0 Å². The minimum atomic E-state index is -0.306. The van der Waals surface area contributed by atoms with Crippen molar-refractivity contribution in [2.24, 2.45) is 0 Å². The van der Waals surface area contributed by atoms with E-state index < -0.39 is 0 Å². The van der Waals surface area contributed by atoms with E-state index in [9.17, 15) is 4.79 Å². The zero-order valence-corrected chi connectivity index (χ0v) is 13.2. The van der Waals surface area contributed by atoms with Crippen molar-refractivity contribution >= 4 is 44.2 Å². The lowest BCUT2D eigenvalue weighted by molar-refractivity contribution is -0.135. The van der Waals surface area contributed by atoms with Crippen molar-refractivity contribution in [3.8, 4) is 0 Å². The molecule has 21 heavy (non-hydrogen) atoms. The molecule has 1 aromatic carbocycles. The second kappa shape index (κ2) is 6.17. The SMILES string of the molecule is CC(Nc1nc2cc(Cl)ccc2s1)C(=O)N1CCOCC1. The van der Waals surface area contributed by atoms with Crippen LogP contribution in [0.5, 0.6) is 0 Å². The van der Waals surface area contributed by atoms with Gasteiger partial charge in [-0.05, 0) is 25.1 Å². The van der Waals surface area contributed by atoms with Gasteiger partial charge in [0.05, 0.1) is 23.4 Å². The third-order valence-electron chi connectivity index (χ3n) is 3.38. The monoisotopic (exact) mass is 325 g/mol. The maximum Gasteiger partial charge on any atom is 0.244 e. The number of morpholine rings is 1. The minimum Gasteiger partial charge on any atom is -0.378 e. The Hall–Kier alpha value is -1.37. The summed E-state index contributed by atoms with van der Waals surface area (Å²) in [6.45, 7) is 4.38. The van der Waals surface area contributed by atoms with Crippen molar-refractivity contribution in [3.05, 3.63) is 23.2 Å². The topological polar surface area (TPSA) is 54.5 Å². The van der Waals surface area contributed by atoms with E-state index in [-0.39, 0.29) is 11.9 Å². The Labute approximate surface area is 131 Å². The Morgan fingerprint density at radius 3 is 3.00 bits per heavy atom. The number of amides is 1. The molecule has 1 aliphatic rings. The van der Waals surface area contributed by atoms with Gasteiger partial charge in [0.15, 0.2) is 5.13 Å². The first kappa shape index (κ1) is 14.6. The Kier molecular flexibility index (Phi) is 4.28. The van der Waals surface area contributed by atoms with E-state index in [4.69, 9.17) is 16.3 Å². The minimum absolute atomic E-state index is 0.0792. The fourth-order valence-corrected chi connectivity index (χ4v) is 3.37. The summed E-state index contributed by atoms with van der Waals surface area (Å²) in [5.41, 5.74) is 0.848. The standard InChI is InChI=1S/C14H16ClN3O2S/c1-9(13(19)18-4-6-20-7-5-18)16-14-17-11-8-10(15)2-3-12(11)21-14/h2-3,8-9H,4-7H2,1H3,(H,16,17). The average molecular weight is 326 g/mol. The van der Waals surface area contributed by atoms with Gasteiger partial charge in [-0.25, -0.2) is 4.98 Å². The third kappa shape index (κ3) is 3.28. The van der Waals surface area contributed by atoms with E-state index >= 15 is 0 Å². The molecule has 1 N–H and O–H groups in total. The molecule has 1 amide bonds. The summed E-state index contributed by atoms with van der Waals surface area (Å²) in [6.07, 6.45) is 0. The molecular weight excluding hydrogens is 310 g/mol. The van der Waals surface area contributed by atoms with Crippen LogP contribution in [0.2, 0.25) is 5.02 Å². The highest BCUT2D eigenvalue weighted by molar-refractivity contribution is 7.22. The van der Waals surface area contributed by atoms with Gasteiger partial charge >= 0.3 is 0 Å². The fraction of sp³-hybridized carbons (Fsp3) is 0.429. The molecule has 1 fully saturated rings. The van der Waals surface area contributed by atoms with E-state index in [1.165, 1.54) is 11.3 Å². The summed E-state index contributed by atoms with van der Waals surface area (Å²) in [5.74, 6) is 0.0792. The Morgan fingerprint density at radius 2 is 2.24 bits per heavy atom. The van der Waals surface area contributed by atoms with E-state index in [1.54, 1.807) is 0 Å². The molecule has 2 heterocycles. The molecule has 2 aromatic rings. The van der Waals surface area contributed by atoms with Crippen molar-refractivity contribution in [1.29, 1.82) is 0 Å². The number of anilines is 1. The number of thiazole rings is 1. The average Bonchev–Trinajstić information content (AvgIpc) is 2.88. The van der Waals surface area contributed by atoms with Gasteiger partial charge in [-0.1, -0.05) is 22.9 Å². The molecule has 0 spiro atoms. The molecule has 7 heteroatoms. The Balaban J connectivity index is 1.70. The Bertz CT molecular complexity index is 655. The van der Waals surface area contributed by atoms with Crippen LogP contribution >= 0.6 is 22.9 Å². The molecule has 0 bridgehead atoms. The number of rotatable bonds is 3. The molecule has 1 aromatic heterocycles. The fourth-order valence-electron chi connectivity index (χ4n) is 2.27. The Morgan fingerprint density at radius 1 is 1.48 bits per heavy atom. The number of fused-ring (bicyclic) bond motifs is 1. The van der Waals surface area contributed by atoms with Gasteiger partial charge in [0, 0.05) is 18.1 Å². The number of nitrogens with one attached hydrogen (secondary N) is 1. The number of aromatic nitrogens is 1. The number of hydrogen-bond donors (Lipinski definition) is 1. The highest BCUT2D eigenvalue weighted by Gasteiger charge is 2.23. The number of hydrogen-bond acceptors (Lipinski definition) is 5. The first-order valence-corrected chi connectivity index (χ1v) is 8.02. The van der Waals surface area contributed by atoms with Gasteiger partial charge in [-0.3, -0.25) is 4.79 Å². The van der Waals surface area contributed by atoms with E-state index in [0.717, 1.165) is 15.3 Å². The summed E-state index contributed by atoms with van der Waals surface area (Å²) < 4.78 is 6.31. The van der Waals surface area contributed by atoms with Crippen LogP contribution in [0.15, 0.2) is 18.2 Å². The summed E-state index contributed by atoms with van der Waals surface area (Å²) >= 11 is 7.48. The molecule has 0 saturated carbocycles. The van der Waals surface area contributed by atoms with Crippen LogP contribution < -0.4 is 5.32 Å². The highest BCUT2D eigenvalue weighted by atomic mass is 35.5. The van der Waals surface area contributed by atoms with Crippen molar-refractivity contribution in [2.45, 2.75) is 13.0 Å². The van der Waals surface area contributed by atoms with Crippen LogP contribution in [0.4, 0.5) is 5.13 Å². The molecule has 5 nitrogen and oxygen atoms in total. The maximum absolute atomic E-state index is 12.3. The molecule has 1 aliphatic heterocycles. The maximum atomic E-state index is 12.3. The van der Waals surface area contributed by atoms with Crippen molar-refractivity contribution in [3.63, 3.8) is 0 Å². The van der Waals surface area contributed by atoms with Crippen molar-refractivity contribution in [1.82, 2.24) is 9.88 Å². The number of nitrogens with zero attached hydrogens (tertiary/aromatic N) is 2. The van der Waals surface area contributed by atoms with E-state index in [2.05, 4.69) is 10.3 Å². The largest absolute Gasteiger partial charge is 0.378 e. The van der Waals surface area contributed by atoms with Gasteiger partial charge < -0.3 is 15.0 Å². The normalized spacial score (nSPS) is 17.0. The highest BCUT2D eigenvalue weighted by Crippen LogP contribution is 2.28. The molecule has 1 unspecified atom stereocenters. The molecule has 112 valence electrons. The molecule has 0 radical (unpaired) electrons. The van der Waals surface area contributed by atoms with Gasteiger partial charge in [-0.15, -0.1) is 0 Å². The second-order valence-corrected chi connectivity index (χ2v) is 6.40. The van der Waals surface area contributed by atoms with Crippen molar-refractivity contribution in [2.75, 3.05) is 31.6 Å². The predicted octanol–water partition coefficient (Wildman–Crippen LogP) is 2.61. The molecule has 0 aliphatic carbocycles. The summed E-state index contributed by atoms with van der Waals surface area (Å²) in [5, 5.41) is 4.58. The summed E-state index contributed by atoms with van der Waals surface area (Å²) in [6, 6.07) is 5.30. The van der Waals surface area contributed by atoms with Crippen LogP contribution in [0, 0.1) is 0 Å². The predicted molar refractivity (Wildman–Crippen MR) is 85.1 cm³/mol. The summed E-state index contributed by atoms with van der Waals surface area (Å²) in [7, 11) is 0. The van der Waals surface area contributed by atoms with Crippen molar-refractivity contribution < 1.29 is 9.53 Å². The van der Waals surface area contributed by atoms with Crippen LogP contribution in [-0.4, -0.2) is 48.1 Å². The van der Waals surface area contributed by atoms with Crippen LogP contribution in [0.25, 0.3) is 10.2 Å². The first-order chi connectivity index (χ1) is 10.1. The van der Waals surface area contributed by atoms with Crippen LogP contribution in [-0.2, 0) is 9.53 Å². The van der Waals surface area contributed by atoms with E-state index in [0.29, 0.717) is 31.3 Å². The molecular formula is C14H16ClN3O2S. The smallest absolute Gasteiger partial charge is 0.244 e. The lowest BCUT2D eigenvalue weighted by Gasteiger charge is -2.29. The zero-order chi connectivity index (χ0) is 14.8. The number of benzene rings is 1. The number of halogens is 1. The lowest BCUT2D eigenvalue weighted by Crippen LogP contribution is -2.46. The molecule has 1 saturated heterocycles.